The molecule has 0 radical (unpaired) electrons. The molecule has 1 aromatic heterocycles. The molecule has 2 aliphatic rings. The van der Waals surface area contributed by atoms with Crippen molar-refractivity contribution in [2.24, 2.45) is 7.05 Å². The fraction of sp³-hybridized carbons (Fsp3) is 0.368. The van der Waals surface area contributed by atoms with E-state index < -0.39 is 23.3 Å². The number of aliphatic carboxylic acids is 1. The molecule has 162 valence electrons. The Morgan fingerprint density at radius 3 is 2.68 bits per heavy atom. The van der Waals surface area contributed by atoms with E-state index in [1.54, 1.807) is 7.05 Å². The zero-order chi connectivity index (χ0) is 22.1. The predicted octanol–water partition coefficient (Wildman–Crippen LogP) is 0.672. The van der Waals surface area contributed by atoms with Gasteiger partial charge in [0.1, 0.15) is 17.1 Å². The van der Waals surface area contributed by atoms with Crippen molar-refractivity contribution in [3.05, 3.63) is 47.2 Å². The number of carbonyl (C=O) groups is 3. The summed E-state index contributed by atoms with van der Waals surface area (Å²) < 4.78 is 1.50. The van der Waals surface area contributed by atoms with Crippen LogP contribution < -0.4 is 5.32 Å². The molecule has 0 spiro atoms. The number of thioether (sulfide) groups is 2. The molecule has 2 amide bonds. The highest BCUT2D eigenvalue weighted by Crippen LogP contribution is 2.45. The van der Waals surface area contributed by atoms with Crippen molar-refractivity contribution < 1.29 is 19.5 Å². The van der Waals surface area contributed by atoms with Crippen LogP contribution in [0, 0.1) is 0 Å². The Hall–Kier alpha value is -2.86. The number of benzene rings is 1. The van der Waals surface area contributed by atoms with E-state index in [2.05, 4.69) is 20.8 Å². The molecule has 1 fully saturated rings. The fourth-order valence-electron chi connectivity index (χ4n) is 3.53. The minimum atomic E-state index is -1.16. The van der Waals surface area contributed by atoms with Gasteiger partial charge in [-0.3, -0.25) is 14.5 Å². The van der Waals surface area contributed by atoms with Crippen LogP contribution in [0.1, 0.15) is 12.5 Å². The van der Waals surface area contributed by atoms with Gasteiger partial charge in [-0.15, -0.1) is 16.9 Å². The summed E-state index contributed by atoms with van der Waals surface area (Å²) in [5.41, 5.74) is 1.46. The van der Waals surface area contributed by atoms with Crippen molar-refractivity contribution in [3.63, 3.8) is 0 Å². The molecule has 4 rings (SSSR count). The topological polar surface area (TPSA) is 130 Å². The highest BCUT2D eigenvalue weighted by atomic mass is 32.2. The molecule has 2 aromatic rings. The molecule has 2 aliphatic heterocycles. The van der Waals surface area contributed by atoms with Gasteiger partial charge in [-0.2, -0.15) is 0 Å². The Morgan fingerprint density at radius 1 is 1.29 bits per heavy atom. The highest BCUT2D eigenvalue weighted by Gasteiger charge is 2.55. The standard InChI is InChI=1S/C19H20N6O4S2/c1-10-12(9-30-19-21-22-23-24(19)2)15(18(28)29)25-16(27)14(17(25)31-10)20-13(26)8-11-6-4-3-5-7-11/h3-7,10,14,17H,8-9H2,1-2H3,(H,20,26)(H,28,29)/t10-,14?,17+/m1/s1. The number of carboxylic acids is 1. The first-order valence-corrected chi connectivity index (χ1v) is 11.4. The normalized spacial score (nSPS) is 22.7. The highest BCUT2D eigenvalue weighted by molar-refractivity contribution is 8.01. The van der Waals surface area contributed by atoms with Crippen LogP contribution in [0.2, 0.25) is 0 Å². The lowest BCUT2D eigenvalue weighted by atomic mass is 10.0. The first kappa shape index (κ1) is 21.4. The maximum absolute atomic E-state index is 12.8. The quantitative estimate of drug-likeness (QED) is 0.452. The Bertz CT molecular complexity index is 1060. The summed E-state index contributed by atoms with van der Waals surface area (Å²) >= 11 is 2.78. The van der Waals surface area contributed by atoms with Crippen molar-refractivity contribution in [1.29, 1.82) is 0 Å². The van der Waals surface area contributed by atoms with E-state index in [9.17, 15) is 19.5 Å². The van der Waals surface area contributed by atoms with Gasteiger partial charge < -0.3 is 10.4 Å². The van der Waals surface area contributed by atoms with Gasteiger partial charge in [-0.25, -0.2) is 9.48 Å². The van der Waals surface area contributed by atoms with E-state index in [4.69, 9.17) is 0 Å². The van der Waals surface area contributed by atoms with Gasteiger partial charge in [0.25, 0.3) is 5.91 Å². The van der Waals surface area contributed by atoms with E-state index in [0.29, 0.717) is 16.5 Å². The second-order valence-corrected chi connectivity index (χ2v) is 9.54. The number of fused-ring (bicyclic) bond motifs is 1. The number of carbonyl (C=O) groups excluding carboxylic acids is 2. The number of aryl methyl sites for hydroxylation is 1. The molecule has 10 nitrogen and oxygen atoms in total. The number of hydrogen-bond donors (Lipinski definition) is 2. The third kappa shape index (κ3) is 4.17. The van der Waals surface area contributed by atoms with Gasteiger partial charge in [-0.05, 0) is 28.5 Å². The molecule has 31 heavy (non-hydrogen) atoms. The number of β-lactam (4-membered cyclic amide) rings is 1. The maximum atomic E-state index is 12.8. The summed E-state index contributed by atoms with van der Waals surface area (Å²) in [6.45, 7) is 1.90. The molecule has 1 saturated heterocycles. The van der Waals surface area contributed by atoms with Crippen LogP contribution >= 0.6 is 23.5 Å². The van der Waals surface area contributed by atoms with E-state index in [1.165, 1.54) is 33.1 Å². The van der Waals surface area contributed by atoms with E-state index in [0.717, 1.165) is 5.56 Å². The molecule has 0 bridgehead atoms. The number of tetrazole rings is 1. The molecule has 12 heteroatoms. The fourth-order valence-corrected chi connectivity index (χ4v) is 6.07. The first-order valence-electron chi connectivity index (χ1n) is 9.50. The predicted molar refractivity (Wildman–Crippen MR) is 114 cm³/mol. The van der Waals surface area contributed by atoms with Gasteiger partial charge in [0, 0.05) is 18.1 Å². The molecular formula is C19H20N6O4S2. The van der Waals surface area contributed by atoms with Crippen LogP contribution in [0.15, 0.2) is 46.8 Å². The monoisotopic (exact) mass is 460 g/mol. The van der Waals surface area contributed by atoms with Crippen LogP contribution in [0.4, 0.5) is 0 Å². The van der Waals surface area contributed by atoms with Gasteiger partial charge in [-0.1, -0.05) is 42.1 Å². The lowest BCUT2D eigenvalue weighted by Gasteiger charge is -2.51. The maximum Gasteiger partial charge on any atom is 0.352 e. The summed E-state index contributed by atoms with van der Waals surface area (Å²) in [6.07, 6.45) is 0.160. The Labute approximate surface area is 186 Å². The van der Waals surface area contributed by atoms with Crippen LogP contribution in [0.25, 0.3) is 0 Å². The van der Waals surface area contributed by atoms with Gasteiger partial charge in [0.05, 0.1) is 6.42 Å². The van der Waals surface area contributed by atoms with Crippen molar-refractivity contribution in [1.82, 2.24) is 30.4 Å². The zero-order valence-electron chi connectivity index (χ0n) is 16.8. The minimum absolute atomic E-state index is 0.0163. The molecular weight excluding hydrogens is 440 g/mol. The molecule has 3 heterocycles. The number of rotatable bonds is 7. The molecule has 1 aromatic carbocycles. The average molecular weight is 461 g/mol. The van der Waals surface area contributed by atoms with E-state index >= 15 is 0 Å². The average Bonchev–Trinajstić information content (AvgIpc) is 3.15. The van der Waals surface area contributed by atoms with Crippen LogP contribution in [-0.4, -0.2) is 70.4 Å². The third-order valence-electron chi connectivity index (χ3n) is 5.09. The SMILES string of the molecule is C[C@H]1S[C@H]2C(NC(=O)Cc3ccccc3)C(=O)N2C(C(=O)O)=C1CSc1nnnn1C. The number of nitrogens with zero attached hydrogens (tertiary/aromatic N) is 5. The number of amides is 2. The van der Waals surface area contributed by atoms with Crippen molar-refractivity contribution in [2.75, 3.05) is 5.75 Å². The van der Waals surface area contributed by atoms with Gasteiger partial charge in [0.15, 0.2) is 0 Å². The van der Waals surface area contributed by atoms with Gasteiger partial charge >= 0.3 is 5.97 Å². The minimum Gasteiger partial charge on any atom is -0.477 e. The lowest BCUT2D eigenvalue weighted by molar-refractivity contribution is -0.150. The van der Waals surface area contributed by atoms with E-state index in [1.807, 2.05) is 37.3 Å². The van der Waals surface area contributed by atoms with E-state index in [-0.39, 0.29) is 23.3 Å². The molecule has 0 saturated carbocycles. The molecule has 2 N–H and O–H groups in total. The smallest absolute Gasteiger partial charge is 0.352 e. The lowest BCUT2D eigenvalue weighted by Crippen LogP contribution is -2.71. The number of aromatic nitrogens is 4. The molecule has 1 unspecified atom stereocenters. The van der Waals surface area contributed by atoms with Crippen molar-refractivity contribution in [3.8, 4) is 0 Å². The van der Waals surface area contributed by atoms with Crippen LogP contribution in [0.5, 0.6) is 0 Å². The first-order chi connectivity index (χ1) is 14.9. The van der Waals surface area contributed by atoms with Crippen LogP contribution in [0.3, 0.4) is 0 Å². The summed E-state index contributed by atoms with van der Waals surface area (Å²) in [5.74, 6) is -1.50. The largest absolute Gasteiger partial charge is 0.477 e. The van der Waals surface area contributed by atoms with Crippen molar-refractivity contribution in [2.45, 2.75) is 35.2 Å². The Kier molecular flexibility index (Phi) is 6.01. The second-order valence-electron chi connectivity index (χ2n) is 7.14. The third-order valence-corrected chi connectivity index (χ3v) is 7.60. The number of carboxylic acid groups (broad SMARTS) is 1. The zero-order valence-corrected chi connectivity index (χ0v) is 18.4. The molecule has 0 aliphatic carbocycles. The van der Waals surface area contributed by atoms with Crippen LogP contribution in [-0.2, 0) is 27.9 Å². The number of nitrogens with one attached hydrogen (secondary N) is 1. The summed E-state index contributed by atoms with van der Waals surface area (Å²) in [4.78, 5) is 38.5. The summed E-state index contributed by atoms with van der Waals surface area (Å²) in [6, 6.07) is 8.50. The Morgan fingerprint density at radius 2 is 2.03 bits per heavy atom. The molecule has 3 atom stereocenters. The Balaban J connectivity index is 1.48. The summed E-state index contributed by atoms with van der Waals surface area (Å²) in [7, 11) is 1.70. The van der Waals surface area contributed by atoms with Gasteiger partial charge in [0.2, 0.25) is 11.1 Å². The number of hydrogen-bond acceptors (Lipinski definition) is 8. The van der Waals surface area contributed by atoms with Crippen molar-refractivity contribution >= 4 is 41.3 Å². The summed E-state index contributed by atoms with van der Waals surface area (Å²) in [5, 5.41) is 23.8. The second kappa shape index (κ2) is 8.71.